The third-order valence-corrected chi connectivity index (χ3v) is 7.83. The average molecular weight is 505 g/mol. The molecule has 0 radical (unpaired) electrons. The maximum atomic E-state index is 12.6. The lowest BCUT2D eigenvalue weighted by Gasteiger charge is -2.39. The van der Waals surface area contributed by atoms with E-state index in [9.17, 15) is 9.00 Å². The second-order valence-electron chi connectivity index (χ2n) is 9.31. The first-order chi connectivity index (χ1) is 17.5. The molecule has 1 unspecified atom stereocenters. The monoisotopic (exact) mass is 504 g/mol. The van der Waals surface area contributed by atoms with Crippen molar-refractivity contribution in [1.29, 1.82) is 0 Å². The number of hydrogen-bond acceptors (Lipinski definition) is 5. The van der Waals surface area contributed by atoms with Crippen LogP contribution in [-0.2, 0) is 22.8 Å². The fourth-order valence-electron chi connectivity index (χ4n) is 4.82. The number of benzene rings is 1. The number of pyridine rings is 1. The lowest BCUT2D eigenvalue weighted by Crippen LogP contribution is -2.51. The Labute approximate surface area is 214 Å². The molecule has 3 aromatic heterocycles. The highest BCUT2D eigenvalue weighted by Gasteiger charge is 2.31. The van der Waals surface area contributed by atoms with Gasteiger partial charge in [-0.3, -0.25) is 9.48 Å². The van der Waals surface area contributed by atoms with E-state index in [1.54, 1.807) is 27.3 Å². The van der Waals surface area contributed by atoms with E-state index in [4.69, 9.17) is 0 Å². The molecule has 1 aliphatic carbocycles. The number of amides is 1. The number of aromatic nitrogens is 4. The summed E-state index contributed by atoms with van der Waals surface area (Å²) in [5.74, 6) is 0.576. The molecule has 4 aromatic rings. The minimum Gasteiger partial charge on any atom is -0.367 e. The van der Waals surface area contributed by atoms with E-state index in [1.807, 2.05) is 60.6 Å². The van der Waals surface area contributed by atoms with Gasteiger partial charge in [0.25, 0.3) is 0 Å². The van der Waals surface area contributed by atoms with Crippen LogP contribution in [0.1, 0.15) is 19.3 Å². The summed E-state index contributed by atoms with van der Waals surface area (Å²) in [5.41, 5.74) is 3.54. The van der Waals surface area contributed by atoms with Crippen LogP contribution in [0.2, 0.25) is 0 Å². The summed E-state index contributed by atoms with van der Waals surface area (Å²) in [4.78, 5) is 21.4. The van der Waals surface area contributed by atoms with Crippen LogP contribution in [0.4, 0.5) is 5.69 Å². The second kappa shape index (κ2) is 10.7. The molecule has 1 saturated carbocycles. The highest BCUT2D eigenvalue weighted by atomic mass is 32.2. The predicted molar refractivity (Wildman–Crippen MR) is 144 cm³/mol. The van der Waals surface area contributed by atoms with Crippen LogP contribution in [0.25, 0.3) is 22.3 Å². The summed E-state index contributed by atoms with van der Waals surface area (Å²) < 4.78 is 16.1. The summed E-state index contributed by atoms with van der Waals surface area (Å²) in [6.45, 7) is 3.07. The first kappa shape index (κ1) is 24.2. The lowest BCUT2D eigenvalue weighted by molar-refractivity contribution is -0.138. The zero-order valence-electron chi connectivity index (χ0n) is 20.8. The molecule has 9 heteroatoms. The fourth-order valence-corrected chi connectivity index (χ4v) is 5.64. The summed E-state index contributed by atoms with van der Waals surface area (Å²) in [5, 5.41) is 5.24. The van der Waals surface area contributed by atoms with Crippen LogP contribution in [0.3, 0.4) is 0 Å². The van der Waals surface area contributed by atoms with Crippen molar-refractivity contribution in [2.24, 2.45) is 13.0 Å². The quantitative estimate of drug-likeness (QED) is 0.424. The van der Waals surface area contributed by atoms with Gasteiger partial charge in [-0.2, -0.15) is 5.10 Å². The van der Waals surface area contributed by atoms with Crippen molar-refractivity contribution in [1.82, 2.24) is 23.6 Å². The van der Waals surface area contributed by atoms with Crippen molar-refractivity contribution in [2.45, 2.75) is 19.3 Å². The van der Waals surface area contributed by atoms with Gasteiger partial charge in [0.2, 0.25) is 5.91 Å². The van der Waals surface area contributed by atoms with E-state index < -0.39 is 11.0 Å². The molecule has 2 fully saturated rings. The number of carbonyl (C=O) groups excluding carboxylic acids is 1. The van der Waals surface area contributed by atoms with Crippen LogP contribution in [0.15, 0.2) is 67.1 Å². The molecule has 1 aromatic carbocycles. The van der Waals surface area contributed by atoms with Gasteiger partial charge < -0.3 is 9.80 Å². The third-order valence-electron chi connectivity index (χ3n) is 6.95. The van der Waals surface area contributed by atoms with E-state index in [0.29, 0.717) is 11.6 Å². The van der Waals surface area contributed by atoms with Crippen molar-refractivity contribution < 1.29 is 9.00 Å². The number of fused-ring (bicyclic) bond motifs is 1. The molecule has 36 heavy (non-hydrogen) atoms. The number of aryl methyl sites for hydroxylation is 1. The molecular formula is C27H32N6O2S. The average Bonchev–Trinajstić information content (AvgIpc) is 3.48. The number of rotatable bonds is 4. The summed E-state index contributed by atoms with van der Waals surface area (Å²) >= 11 is 0. The van der Waals surface area contributed by atoms with Crippen molar-refractivity contribution in [3.63, 3.8) is 0 Å². The summed E-state index contributed by atoms with van der Waals surface area (Å²) in [6.07, 6.45) is 10.4. The van der Waals surface area contributed by atoms with Crippen molar-refractivity contribution in [3.05, 3.63) is 67.1 Å². The molecule has 8 nitrogen and oxygen atoms in total. The number of nitrogens with zero attached hydrogens (tertiary/aromatic N) is 6. The molecular weight excluding hydrogens is 472 g/mol. The van der Waals surface area contributed by atoms with E-state index >= 15 is 0 Å². The minimum absolute atomic E-state index is 0.250. The SMILES string of the molecule is Cn1cc(-c2cc3c(N4CCN(C(=O)C5CCC5)CC4)ccnc3n2S(C)=O)cn1.c1ccccc1. The summed E-state index contributed by atoms with van der Waals surface area (Å²) in [6, 6.07) is 16.1. The molecule has 188 valence electrons. The maximum absolute atomic E-state index is 12.6. The number of anilines is 1. The molecule has 1 aliphatic heterocycles. The van der Waals surface area contributed by atoms with Gasteiger partial charge in [-0.1, -0.05) is 42.8 Å². The Kier molecular flexibility index (Phi) is 7.18. The number of carbonyl (C=O) groups is 1. The molecule has 1 atom stereocenters. The topological polar surface area (TPSA) is 76.3 Å². The first-order valence-corrected chi connectivity index (χ1v) is 13.9. The Bertz CT molecular complexity index is 1330. The second-order valence-corrected chi connectivity index (χ2v) is 10.5. The molecule has 1 saturated heterocycles. The Hall–Kier alpha value is -3.46. The molecule has 0 spiro atoms. The van der Waals surface area contributed by atoms with Gasteiger partial charge in [0.15, 0.2) is 5.65 Å². The maximum Gasteiger partial charge on any atom is 0.225 e. The molecule has 6 rings (SSSR count). The predicted octanol–water partition coefficient (Wildman–Crippen LogP) is 3.71. The highest BCUT2D eigenvalue weighted by molar-refractivity contribution is 7.83. The highest BCUT2D eigenvalue weighted by Crippen LogP contribution is 2.34. The van der Waals surface area contributed by atoms with Gasteiger partial charge in [-0.15, -0.1) is 0 Å². The zero-order chi connectivity index (χ0) is 25.1. The van der Waals surface area contributed by atoms with Gasteiger partial charge in [-0.05, 0) is 25.0 Å². The number of piperazine rings is 1. The molecule has 0 bridgehead atoms. The van der Waals surface area contributed by atoms with Crippen LogP contribution in [-0.4, -0.2) is 66.2 Å². The normalized spacial score (nSPS) is 16.8. The van der Waals surface area contributed by atoms with Crippen LogP contribution in [0.5, 0.6) is 0 Å². The van der Waals surface area contributed by atoms with E-state index in [2.05, 4.69) is 21.0 Å². The Morgan fingerprint density at radius 1 is 1.03 bits per heavy atom. The Morgan fingerprint density at radius 3 is 2.22 bits per heavy atom. The summed E-state index contributed by atoms with van der Waals surface area (Å²) in [7, 11) is 0.614. The van der Waals surface area contributed by atoms with Gasteiger partial charge in [0, 0.05) is 74.4 Å². The van der Waals surface area contributed by atoms with Gasteiger partial charge in [-0.25, -0.2) is 13.2 Å². The minimum atomic E-state index is -1.25. The smallest absolute Gasteiger partial charge is 0.225 e. The molecule has 4 heterocycles. The van der Waals surface area contributed by atoms with Gasteiger partial charge in [0.05, 0.1) is 11.9 Å². The third kappa shape index (κ3) is 4.93. The van der Waals surface area contributed by atoms with Crippen LogP contribution < -0.4 is 4.90 Å². The van der Waals surface area contributed by atoms with Gasteiger partial charge >= 0.3 is 0 Å². The Morgan fingerprint density at radius 2 is 1.69 bits per heavy atom. The molecule has 0 N–H and O–H groups in total. The molecule has 2 aliphatic rings. The van der Waals surface area contributed by atoms with E-state index in [-0.39, 0.29) is 5.92 Å². The van der Waals surface area contributed by atoms with Crippen molar-refractivity contribution in [2.75, 3.05) is 37.3 Å². The van der Waals surface area contributed by atoms with Crippen molar-refractivity contribution >= 4 is 33.6 Å². The Balaban J connectivity index is 0.000000391. The standard InChI is InChI=1S/C21H26N6O2S.C6H6/c1-24-14-16(13-23-24)19-12-17-18(6-7-22-20(17)27(19)30(2)29)25-8-10-26(11-9-25)21(28)15-4-3-5-15;1-2-4-6-5-3-1/h6-7,12-15H,3-5,8-11H2,1-2H3;1-6H. The van der Waals surface area contributed by atoms with Crippen molar-refractivity contribution in [3.8, 4) is 11.3 Å². The van der Waals surface area contributed by atoms with Crippen LogP contribution >= 0.6 is 0 Å². The molecule has 1 amide bonds. The number of hydrogen-bond donors (Lipinski definition) is 0. The zero-order valence-corrected chi connectivity index (χ0v) is 21.6. The first-order valence-electron chi connectivity index (χ1n) is 12.4. The van der Waals surface area contributed by atoms with E-state index in [1.165, 1.54) is 6.42 Å². The van der Waals surface area contributed by atoms with Gasteiger partial charge in [0.1, 0.15) is 11.0 Å². The largest absolute Gasteiger partial charge is 0.367 e. The van der Waals surface area contributed by atoms with Crippen LogP contribution in [0, 0.1) is 5.92 Å². The lowest BCUT2D eigenvalue weighted by atomic mass is 9.84. The van der Waals surface area contributed by atoms with E-state index in [0.717, 1.165) is 61.4 Å². The fraction of sp³-hybridized carbons (Fsp3) is 0.370.